The third-order valence-corrected chi connectivity index (χ3v) is 5.60. The van der Waals surface area contributed by atoms with Gasteiger partial charge in [-0.2, -0.15) is 0 Å². The van der Waals surface area contributed by atoms with Crippen LogP contribution in [0.1, 0.15) is 62.2 Å². The van der Waals surface area contributed by atoms with Gasteiger partial charge in [0.1, 0.15) is 0 Å². The van der Waals surface area contributed by atoms with Crippen molar-refractivity contribution in [3.8, 4) is 0 Å². The minimum atomic E-state index is -0.309. The summed E-state index contributed by atoms with van der Waals surface area (Å²) in [6, 6.07) is 9.04. The Morgan fingerprint density at radius 2 is 1.90 bits per heavy atom. The molecule has 2 atom stereocenters. The highest BCUT2D eigenvalue weighted by molar-refractivity contribution is 5.27. The van der Waals surface area contributed by atoms with E-state index >= 15 is 0 Å². The van der Waals surface area contributed by atoms with Crippen LogP contribution in [0.15, 0.2) is 24.3 Å². The zero-order chi connectivity index (χ0) is 14.7. The van der Waals surface area contributed by atoms with Gasteiger partial charge < -0.3 is 10.0 Å². The first-order valence-corrected chi connectivity index (χ1v) is 8.73. The Morgan fingerprint density at radius 1 is 1.14 bits per heavy atom. The van der Waals surface area contributed by atoms with Crippen LogP contribution in [-0.4, -0.2) is 29.1 Å². The van der Waals surface area contributed by atoms with Crippen LogP contribution in [0, 0.1) is 12.8 Å². The van der Waals surface area contributed by atoms with E-state index in [-0.39, 0.29) is 6.10 Å². The van der Waals surface area contributed by atoms with Gasteiger partial charge in [0, 0.05) is 12.6 Å². The zero-order valence-electron chi connectivity index (χ0n) is 13.3. The molecule has 0 amide bonds. The van der Waals surface area contributed by atoms with Gasteiger partial charge in [0.25, 0.3) is 0 Å². The quantitative estimate of drug-likeness (QED) is 0.882. The van der Waals surface area contributed by atoms with Gasteiger partial charge in [-0.25, -0.2) is 0 Å². The number of aliphatic hydroxyl groups is 1. The van der Waals surface area contributed by atoms with Crippen LogP contribution in [0.4, 0.5) is 0 Å². The first kappa shape index (κ1) is 15.1. The molecule has 1 aromatic rings. The fourth-order valence-corrected chi connectivity index (χ4v) is 4.41. The SMILES string of the molecule is Cc1ccccc1C(O)CCN1CCCC1C1CCCC1. The highest BCUT2D eigenvalue weighted by Crippen LogP contribution is 2.35. The average molecular weight is 287 g/mol. The summed E-state index contributed by atoms with van der Waals surface area (Å²) in [5.41, 5.74) is 2.31. The highest BCUT2D eigenvalue weighted by Gasteiger charge is 2.33. The standard InChI is InChI=1S/C19H29NO/c1-15-7-2-5-10-17(15)19(21)12-14-20-13-6-11-18(20)16-8-3-4-9-16/h2,5,7,10,16,18-19,21H,3-4,6,8-9,11-14H2,1H3. The Bertz CT molecular complexity index is 453. The molecule has 1 aliphatic carbocycles. The van der Waals surface area contributed by atoms with Gasteiger partial charge in [-0.15, -0.1) is 0 Å². The van der Waals surface area contributed by atoms with Gasteiger partial charge in [0.05, 0.1) is 6.10 Å². The third-order valence-electron chi connectivity index (χ3n) is 5.60. The third kappa shape index (κ3) is 3.49. The molecular weight excluding hydrogens is 258 g/mol. The predicted octanol–water partition coefficient (Wildman–Crippen LogP) is 4.07. The second kappa shape index (κ2) is 6.93. The molecule has 3 rings (SSSR count). The van der Waals surface area contributed by atoms with Crippen molar-refractivity contribution in [2.75, 3.05) is 13.1 Å². The molecule has 21 heavy (non-hydrogen) atoms. The van der Waals surface area contributed by atoms with Crippen molar-refractivity contribution >= 4 is 0 Å². The maximum absolute atomic E-state index is 10.5. The van der Waals surface area contributed by atoms with Gasteiger partial charge in [0.2, 0.25) is 0 Å². The second-order valence-corrected chi connectivity index (χ2v) is 6.95. The first-order valence-electron chi connectivity index (χ1n) is 8.73. The van der Waals surface area contributed by atoms with Crippen molar-refractivity contribution in [2.45, 2.75) is 64.0 Å². The van der Waals surface area contributed by atoms with Crippen molar-refractivity contribution < 1.29 is 5.11 Å². The molecule has 1 saturated carbocycles. The fraction of sp³-hybridized carbons (Fsp3) is 0.684. The van der Waals surface area contributed by atoms with E-state index in [0.717, 1.165) is 30.5 Å². The summed E-state index contributed by atoms with van der Waals surface area (Å²) in [5.74, 6) is 0.933. The lowest BCUT2D eigenvalue weighted by Crippen LogP contribution is -2.35. The molecule has 1 aromatic carbocycles. The molecule has 0 aromatic heterocycles. The van der Waals surface area contributed by atoms with E-state index in [1.807, 2.05) is 12.1 Å². The summed E-state index contributed by atoms with van der Waals surface area (Å²) < 4.78 is 0. The van der Waals surface area contributed by atoms with Crippen molar-refractivity contribution in [1.82, 2.24) is 4.90 Å². The fourth-order valence-electron chi connectivity index (χ4n) is 4.41. The van der Waals surface area contributed by atoms with E-state index in [0.29, 0.717) is 0 Å². The number of likely N-dealkylation sites (tertiary alicyclic amines) is 1. The van der Waals surface area contributed by atoms with Gasteiger partial charge in [-0.1, -0.05) is 37.1 Å². The maximum atomic E-state index is 10.5. The highest BCUT2D eigenvalue weighted by atomic mass is 16.3. The molecular formula is C19H29NO. The summed E-state index contributed by atoms with van der Waals surface area (Å²) in [4.78, 5) is 2.66. The summed E-state index contributed by atoms with van der Waals surface area (Å²) in [7, 11) is 0. The van der Waals surface area contributed by atoms with Crippen molar-refractivity contribution in [3.63, 3.8) is 0 Å². The Hall–Kier alpha value is -0.860. The summed E-state index contributed by atoms with van der Waals surface area (Å²) in [6.07, 6.45) is 9.02. The minimum Gasteiger partial charge on any atom is -0.388 e. The molecule has 2 nitrogen and oxygen atoms in total. The van der Waals surface area contributed by atoms with Crippen LogP contribution < -0.4 is 0 Å². The maximum Gasteiger partial charge on any atom is 0.0804 e. The van der Waals surface area contributed by atoms with E-state index in [9.17, 15) is 5.11 Å². The molecule has 2 fully saturated rings. The smallest absolute Gasteiger partial charge is 0.0804 e. The average Bonchev–Trinajstić information content (AvgIpc) is 3.16. The van der Waals surface area contributed by atoms with E-state index in [1.54, 1.807) is 0 Å². The molecule has 2 heteroatoms. The Labute approximate surface area is 129 Å². The first-order chi connectivity index (χ1) is 10.3. The van der Waals surface area contributed by atoms with Crippen LogP contribution in [0.25, 0.3) is 0 Å². The topological polar surface area (TPSA) is 23.5 Å². The number of nitrogens with zero attached hydrogens (tertiary/aromatic N) is 1. The minimum absolute atomic E-state index is 0.309. The molecule has 2 aliphatic rings. The monoisotopic (exact) mass is 287 g/mol. The summed E-state index contributed by atoms with van der Waals surface area (Å²) in [5, 5.41) is 10.5. The largest absolute Gasteiger partial charge is 0.388 e. The van der Waals surface area contributed by atoms with Crippen LogP contribution in [-0.2, 0) is 0 Å². The Morgan fingerprint density at radius 3 is 2.67 bits per heavy atom. The van der Waals surface area contributed by atoms with Crippen LogP contribution in [0.5, 0.6) is 0 Å². The summed E-state index contributed by atoms with van der Waals surface area (Å²) >= 11 is 0. The van der Waals surface area contributed by atoms with E-state index in [4.69, 9.17) is 0 Å². The molecule has 2 unspecified atom stereocenters. The van der Waals surface area contributed by atoms with Crippen molar-refractivity contribution in [3.05, 3.63) is 35.4 Å². The molecule has 0 radical (unpaired) electrons. The van der Waals surface area contributed by atoms with Crippen molar-refractivity contribution in [1.29, 1.82) is 0 Å². The molecule has 0 bridgehead atoms. The molecule has 0 spiro atoms. The van der Waals surface area contributed by atoms with Gasteiger partial charge in [0.15, 0.2) is 0 Å². The van der Waals surface area contributed by atoms with Gasteiger partial charge in [-0.05, 0) is 62.6 Å². The normalized spacial score (nSPS) is 25.5. The zero-order valence-corrected chi connectivity index (χ0v) is 13.3. The predicted molar refractivity (Wildman–Crippen MR) is 87.3 cm³/mol. The van der Waals surface area contributed by atoms with Crippen LogP contribution >= 0.6 is 0 Å². The van der Waals surface area contributed by atoms with Gasteiger partial charge in [-0.3, -0.25) is 0 Å². The van der Waals surface area contributed by atoms with E-state index < -0.39 is 0 Å². The van der Waals surface area contributed by atoms with Gasteiger partial charge >= 0.3 is 0 Å². The number of aliphatic hydroxyl groups excluding tert-OH is 1. The van der Waals surface area contributed by atoms with E-state index in [2.05, 4.69) is 24.0 Å². The van der Waals surface area contributed by atoms with Crippen molar-refractivity contribution in [2.24, 2.45) is 5.92 Å². The molecule has 1 saturated heterocycles. The molecule has 116 valence electrons. The van der Waals surface area contributed by atoms with Crippen LogP contribution in [0.3, 0.4) is 0 Å². The second-order valence-electron chi connectivity index (χ2n) is 6.95. The number of hydrogen-bond acceptors (Lipinski definition) is 2. The summed E-state index contributed by atoms with van der Waals surface area (Å²) in [6.45, 7) is 4.38. The number of aryl methyl sites for hydroxylation is 1. The lowest BCUT2D eigenvalue weighted by molar-refractivity contribution is 0.123. The van der Waals surface area contributed by atoms with Crippen LogP contribution in [0.2, 0.25) is 0 Å². The number of hydrogen-bond donors (Lipinski definition) is 1. The van der Waals surface area contributed by atoms with E-state index in [1.165, 1.54) is 50.6 Å². The number of benzene rings is 1. The number of rotatable bonds is 5. The Balaban J connectivity index is 1.55. The molecule has 1 N–H and O–H groups in total. The Kier molecular flexibility index (Phi) is 4.97. The lowest BCUT2D eigenvalue weighted by Gasteiger charge is -2.30. The molecule has 1 aliphatic heterocycles. The lowest BCUT2D eigenvalue weighted by atomic mass is 9.95. The molecule has 1 heterocycles.